The van der Waals surface area contributed by atoms with Gasteiger partial charge in [-0.25, -0.2) is 8.42 Å². The molecule has 2 aromatic carbocycles. The van der Waals surface area contributed by atoms with Gasteiger partial charge >= 0.3 is 0 Å². The van der Waals surface area contributed by atoms with Gasteiger partial charge in [0, 0.05) is 25.9 Å². The number of anilines is 2. The maximum absolute atomic E-state index is 13.0. The molecule has 2 aromatic rings. The zero-order chi connectivity index (χ0) is 23.5. The summed E-state index contributed by atoms with van der Waals surface area (Å²) < 4.78 is 27.5. The van der Waals surface area contributed by atoms with Crippen molar-refractivity contribution < 1.29 is 18.0 Å². The molecule has 0 saturated carbocycles. The standard InChI is InChI=1S/C24H31N3O4S/c1-16(2)19-6-8-21(9-7-19)32(30,31)27-13-11-20(12-14-27)24(29)26-23-15-17(3)5-10-22(23)25-18(4)28/h5-10,15-16,20H,11-14H2,1-4H3,(H,25,28)(H,26,29). The van der Waals surface area contributed by atoms with E-state index in [-0.39, 0.29) is 22.6 Å². The summed E-state index contributed by atoms with van der Waals surface area (Å²) in [6, 6.07) is 12.4. The Balaban J connectivity index is 1.65. The summed E-state index contributed by atoms with van der Waals surface area (Å²) in [6.07, 6.45) is 0.882. The number of aryl methyl sites for hydroxylation is 1. The molecule has 0 spiro atoms. The van der Waals surface area contributed by atoms with Crippen molar-refractivity contribution in [3.8, 4) is 0 Å². The lowest BCUT2D eigenvalue weighted by molar-refractivity contribution is -0.121. The monoisotopic (exact) mass is 457 g/mol. The Morgan fingerprint density at radius 3 is 2.16 bits per heavy atom. The first-order valence-electron chi connectivity index (χ1n) is 10.9. The van der Waals surface area contributed by atoms with Gasteiger partial charge in [-0.3, -0.25) is 9.59 Å². The van der Waals surface area contributed by atoms with E-state index >= 15 is 0 Å². The van der Waals surface area contributed by atoms with E-state index in [4.69, 9.17) is 0 Å². The van der Waals surface area contributed by atoms with E-state index in [1.165, 1.54) is 11.2 Å². The second-order valence-corrected chi connectivity index (χ2v) is 10.6. The minimum Gasteiger partial charge on any atom is -0.325 e. The van der Waals surface area contributed by atoms with Crippen LogP contribution in [0.2, 0.25) is 0 Å². The number of carbonyl (C=O) groups is 2. The number of hydrogen-bond acceptors (Lipinski definition) is 4. The van der Waals surface area contributed by atoms with E-state index in [2.05, 4.69) is 24.5 Å². The van der Waals surface area contributed by atoms with Gasteiger partial charge in [0.05, 0.1) is 16.3 Å². The van der Waals surface area contributed by atoms with Gasteiger partial charge < -0.3 is 10.6 Å². The van der Waals surface area contributed by atoms with Crippen molar-refractivity contribution in [2.24, 2.45) is 5.92 Å². The fourth-order valence-corrected chi connectivity index (χ4v) is 5.30. The molecule has 1 aliphatic rings. The van der Waals surface area contributed by atoms with Crippen molar-refractivity contribution >= 4 is 33.2 Å². The zero-order valence-electron chi connectivity index (χ0n) is 19.0. The summed E-state index contributed by atoms with van der Waals surface area (Å²) in [6.45, 7) is 8.03. The van der Waals surface area contributed by atoms with Gasteiger partial charge in [0.1, 0.15) is 0 Å². The van der Waals surface area contributed by atoms with Crippen molar-refractivity contribution in [3.05, 3.63) is 53.6 Å². The Morgan fingerprint density at radius 2 is 1.59 bits per heavy atom. The topological polar surface area (TPSA) is 95.6 Å². The van der Waals surface area contributed by atoms with Crippen LogP contribution in [-0.2, 0) is 19.6 Å². The third kappa shape index (κ3) is 5.55. The second-order valence-electron chi connectivity index (χ2n) is 8.62. The van der Waals surface area contributed by atoms with E-state index in [9.17, 15) is 18.0 Å². The summed E-state index contributed by atoms with van der Waals surface area (Å²) in [7, 11) is -3.58. The summed E-state index contributed by atoms with van der Waals surface area (Å²) in [4.78, 5) is 24.6. The van der Waals surface area contributed by atoms with E-state index in [0.717, 1.165) is 11.1 Å². The van der Waals surface area contributed by atoms with Crippen LogP contribution in [0.3, 0.4) is 0 Å². The van der Waals surface area contributed by atoms with Crippen LogP contribution < -0.4 is 10.6 Å². The van der Waals surface area contributed by atoms with Gasteiger partial charge in [0.15, 0.2) is 0 Å². The Hall–Kier alpha value is -2.71. The number of rotatable bonds is 6. The van der Waals surface area contributed by atoms with Crippen molar-refractivity contribution in [2.75, 3.05) is 23.7 Å². The normalized spacial score (nSPS) is 15.5. The molecule has 2 amide bonds. The first-order valence-corrected chi connectivity index (χ1v) is 12.3. The molecule has 1 saturated heterocycles. The average molecular weight is 458 g/mol. The molecule has 0 bridgehead atoms. The van der Waals surface area contributed by atoms with Gasteiger partial charge in [-0.2, -0.15) is 4.31 Å². The second kappa shape index (κ2) is 9.83. The molecule has 2 N–H and O–H groups in total. The first-order chi connectivity index (χ1) is 15.1. The molecule has 0 aromatic heterocycles. The van der Waals surface area contributed by atoms with Crippen LogP contribution in [0.25, 0.3) is 0 Å². The number of piperidine rings is 1. The van der Waals surface area contributed by atoms with Crippen LogP contribution in [0, 0.1) is 12.8 Å². The lowest BCUT2D eigenvalue weighted by Crippen LogP contribution is -2.41. The molecule has 0 radical (unpaired) electrons. The average Bonchev–Trinajstić information content (AvgIpc) is 2.75. The Kier molecular flexibility index (Phi) is 7.36. The van der Waals surface area contributed by atoms with Crippen LogP contribution in [0.5, 0.6) is 0 Å². The van der Waals surface area contributed by atoms with E-state index in [1.54, 1.807) is 18.2 Å². The molecule has 0 unspecified atom stereocenters. The lowest BCUT2D eigenvalue weighted by atomic mass is 9.97. The van der Waals surface area contributed by atoms with Gasteiger partial charge in [0.2, 0.25) is 21.8 Å². The first kappa shape index (κ1) is 23.9. The summed E-state index contributed by atoms with van der Waals surface area (Å²) in [5, 5.41) is 5.63. The predicted octanol–water partition coefficient (Wildman–Crippen LogP) is 4.12. The highest BCUT2D eigenvalue weighted by Gasteiger charge is 2.32. The molecule has 0 atom stereocenters. The van der Waals surface area contributed by atoms with E-state index < -0.39 is 10.0 Å². The van der Waals surface area contributed by atoms with Crippen molar-refractivity contribution in [1.29, 1.82) is 0 Å². The largest absolute Gasteiger partial charge is 0.325 e. The number of hydrogen-bond donors (Lipinski definition) is 2. The van der Waals surface area contributed by atoms with Crippen molar-refractivity contribution in [2.45, 2.75) is 51.3 Å². The van der Waals surface area contributed by atoms with Crippen LogP contribution in [0.4, 0.5) is 11.4 Å². The maximum atomic E-state index is 13.0. The minimum atomic E-state index is -3.58. The highest BCUT2D eigenvalue weighted by atomic mass is 32.2. The summed E-state index contributed by atoms with van der Waals surface area (Å²) in [5.41, 5.74) is 3.14. The maximum Gasteiger partial charge on any atom is 0.243 e. The number of benzene rings is 2. The number of nitrogens with one attached hydrogen (secondary N) is 2. The van der Waals surface area contributed by atoms with Gasteiger partial charge in [-0.05, 0) is 61.1 Å². The Labute approximate surface area is 190 Å². The summed E-state index contributed by atoms with van der Waals surface area (Å²) >= 11 is 0. The minimum absolute atomic E-state index is 0.166. The lowest BCUT2D eigenvalue weighted by Gasteiger charge is -2.30. The molecule has 8 heteroatoms. The zero-order valence-corrected chi connectivity index (χ0v) is 19.8. The SMILES string of the molecule is CC(=O)Nc1ccc(C)cc1NC(=O)C1CCN(S(=O)(=O)c2ccc(C(C)C)cc2)CC1. The van der Waals surface area contributed by atoms with Gasteiger partial charge in [0.25, 0.3) is 0 Å². The van der Waals surface area contributed by atoms with E-state index in [1.807, 2.05) is 31.2 Å². The van der Waals surface area contributed by atoms with Gasteiger partial charge in [-0.15, -0.1) is 0 Å². The third-order valence-corrected chi connectivity index (χ3v) is 7.67. The predicted molar refractivity (Wildman–Crippen MR) is 126 cm³/mol. The molecular formula is C24H31N3O4S. The fourth-order valence-electron chi connectivity index (χ4n) is 3.83. The van der Waals surface area contributed by atoms with Gasteiger partial charge in [-0.1, -0.05) is 32.0 Å². The molecule has 1 heterocycles. The van der Waals surface area contributed by atoms with Crippen molar-refractivity contribution in [3.63, 3.8) is 0 Å². The molecule has 3 rings (SSSR count). The molecule has 172 valence electrons. The highest BCUT2D eigenvalue weighted by molar-refractivity contribution is 7.89. The smallest absolute Gasteiger partial charge is 0.243 e. The summed E-state index contributed by atoms with van der Waals surface area (Å²) in [5.74, 6) is -0.346. The molecule has 7 nitrogen and oxygen atoms in total. The van der Waals surface area contributed by atoms with Crippen LogP contribution in [0.15, 0.2) is 47.4 Å². The Morgan fingerprint density at radius 1 is 0.969 bits per heavy atom. The Bertz CT molecular complexity index is 1090. The number of nitrogens with zero attached hydrogens (tertiary/aromatic N) is 1. The van der Waals surface area contributed by atoms with Crippen LogP contribution in [-0.4, -0.2) is 37.6 Å². The molecular weight excluding hydrogens is 426 g/mol. The number of carbonyl (C=O) groups excluding carboxylic acids is 2. The molecule has 32 heavy (non-hydrogen) atoms. The van der Waals surface area contributed by atoms with Crippen LogP contribution >= 0.6 is 0 Å². The highest BCUT2D eigenvalue weighted by Crippen LogP contribution is 2.28. The van der Waals surface area contributed by atoms with Crippen LogP contribution in [0.1, 0.15) is 50.7 Å². The number of amides is 2. The number of sulfonamides is 1. The third-order valence-electron chi connectivity index (χ3n) is 5.75. The van der Waals surface area contributed by atoms with E-state index in [0.29, 0.717) is 43.2 Å². The fraction of sp³-hybridized carbons (Fsp3) is 0.417. The van der Waals surface area contributed by atoms with Crippen molar-refractivity contribution in [1.82, 2.24) is 4.31 Å². The molecule has 1 aliphatic heterocycles. The quantitative estimate of drug-likeness (QED) is 0.682. The molecule has 1 fully saturated rings. The molecule has 0 aliphatic carbocycles.